The summed E-state index contributed by atoms with van der Waals surface area (Å²) >= 11 is 6.02. The summed E-state index contributed by atoms with van der Waals surface area (Å²) in [6.45, 7) is 1.10. The molecule has 0 bridgehead atoms. The van der Waals surface area contributed by atoms with Crippen molar-refractivity contribution in [1.82, 2.24) is 5.32 Å². The predicted octanol–water partition coefficient (Wildman–Crippen LogP) is 3.05. The van der Waals surface area contributed by atoms with Gasteiger partial charge in [0.25, 0.3) is 0 Å². The number of aliphatic hydroxyl groups is 1. The van der Waals surface area contributed by atoms with E-state index in [9.17, 15) is 5.11 Å². The number of rotatable bonds is 8. The number of benzene rings is 2. The van der Waals surface area contributed by atoms with E-state index >= 15 is 0 Å². The third-order valence-corrected chi connectivity index (χ3v) is 3.36. The van der Waals surface area contributed by atoms with E-state index in [0.29, 0.717) is 29.7 Å². The Morgan fingerprint density at radius 2 is 1.91 bits per heavy atom. The molecule has 1 unspecified atom stereocenters. The molecule has 0 aliphatic carbocycles. The average molecular weight is 322 g/mol. The minimum atomic E-state index is -0.450. The maximum atomic E-state index is 9.60. The van der Waals surface area contributed by atoms with Crippen LogP contribution in [0.5, 0.6) is 11.5 Å². The van der Waals surface area contributed by atoms with Gasteiger partial charge in [-0.1, -0.05) is 41.9 Å². The van der Waals surface area contributed by atoms with Crippen molar-refractivity contribution in [2.45, 2.75) is 6.10 Å². The van der Waals surface area contributed by atoms with Gasteiger partial charge in [0, 0.05) is 17.6 Å². The lowest BCUT2D eigenvalue weighted by atomic mass is 10.1. The molecule has 118 valence electrons. The predicted molar refractivity (Wildman–Crippen MR) is 87.8 cm³/mol. The molecule has 0 aliphatic heterocycles. The lowest BCUT2D eigenvalue weighted by molar-refractivity contribution is 0.112. The summed E-state index contributed by atoms with van der Waals surface area (Å²) in [5.41, 5.74) is 0.904. The van der Waals surface area contributed by atoms with E-state index in [1.165, 1.54) is 0 Å². The molecule has 2 N–H and O–H groups in total. The molecule has 2 rings (SSSR count). The first-order valence-corrected chi connectivity index (χ1v) is 7.51. The second-order valence-electron chi connectivity index (χ2n) is 4.74. The highest BCUT2D eigenvalue weighted by atomic mass is 35.5. The average Bonchev–Trinajstić information content (AvgIpc) is 2.55. The molecule has 0 fully saturated rings. The van der Waals surface area contributed by atoms with Crippen molar-refractivity contribution >= 4 is 11.6 Å². The third-order valence-electron chi connectivity index (χ3n) is 3.12. The number of aliphatic hydroxyl groups excluding tert-OH is 1. The smallest absolute Gasteiger partial charge is 0.162 e. The van der Waals surface area contributed by atoms with Crippen LogP contribution < -0.4 is 14.8 Å². The molecule has 0 heterocycles. The van der Waals surface area contributed by atoms with Crippen molar-refractivity contribution in [2.24, 2.45) is 0 Å². The van der Waals surface area contributed by atoms with Crippen molar-refractivity contribution in [3.8, 4) is 11.5 Å². The molecule has 0 saturated heterocycles. The molecule has 0 saturated carbocycles. The molecule has 0 aromatic heterocycles. The summed E-state index contributed by atoms with van der Waals surface area (Å²) in [6.07, 6.45) is -0.450. The number of likely N-dealkylation sites (N-methyl/N-ethyl adjacent to an activating group) is 1. The highest BCUT2D eigenvalue weighted by Gasteiger charge is 2.15. The molecular formula is C17H20ClNO3. The molecule has 0 radical (unpaired) electrons. The van der Waals surface area contributed by atoms with Crippen LogP contribution in [0.3, 0.4) is 0 Å². The van der Waals surface area contributed by atoms with E-state index in [1.807, 2.05) is 37.4 Å². The Hall–Kier alpha value is -1.75. The van der Waals surface area contributed by atoms with E-state index in [-0.39, 0.29) is 6.61 Å². The summed E-state index contributed by atoms with van der Waals surface area (Å²) in [7, 11) is 1.86. The number of hydrogen-bond donors (Lipinski definition) is 2. The third kappa shape index (κ3) is 4.63. The van der Waals surface area contributed by atoms with Gasteiger partial charge < -0.3 is 19.9 Å². The van der Waals surface area contributed by atoms with Crippen LogP contribution in [0.25, 0.3) is 0 Å². The zero-order valence-electron chi connectivity index (χ0n) is 12.5. The summed E-state index contributed by atoms with van der Waals surface area (Å²) in [5, 5.41) is 13.2. The summed E-state index contributed by atoms with van der Waals surface area (Å²) in [5.74, 6) is 1.13. The summed E-state index contributed by atoms with van der Waals surface area (Å²) in [6, 6.07) is 14.8. The first-order valence-electron chi connectivity index (χ1n) is 7.14. The van der Waals surface area contributed by atoms with Crippen LogP contribution in [-0.2, 0) is 0 Å². The van der Waals surface area contributed by atoms with Crippen molar-refractivity contribution in [3.05, 3.63) is 59.1 Å². The molecule has 0 spiro atoms. The van der Waals surface area contributed by atoms with E-state index < -0.39 is 6.10 Å². The molecule has 2 aromatic carbocycles. The van der Waals surface area contributed by atoms with E-state index in [1.54, 1.807) is 18.2 Å². The molecule has 1 atom stereocenters. The van der Waals surface area contributed by atoms with Crippen LogP contribution in [0.4, 0.5) is 0 Å². The number of ether oxygens (including phenoxy) is 2. The lowest BCUT2D eigenvalue weighted by Gasteiger charge is -2.20. The molecule has 2 aromatic rings. The lowest BCUT2D eigenvalue weighted by Crippen LogP contribution is -2.17. The van der Waals surface area contributed by atoms with Crippen LogP contribution in [0, 0.1) is 0 Å². The molecular weight excluding hydrogens is 302 g/mol. The molecule has 0 aliphatic rings. The number of halogens is 1. The normalized spacial score (nSPS) is 12.0. The summed E-state index contributed by atoms with van der Waals surface area (Å²) < 4.78 is 11.6. The van der Waals surface area contributed by atoms with Crippen LogP contribution in [0.1, 0.15) is 11.7 Å². The second kappa shape index (κ2) is 8.63. The van der Waals surface area contributed by atoms with Crippen molar-refractivity contribution in [3.63, 3.8) is 0 Å². The Morgan fingerprint density at radius 1 is 1.14 bits per heavy atom. The van der Waals surface area contributed by atoms with Gasteiger partial charge >= 0.3 is 0 Å². The van der Waals surface area contributed by atoms with Gasteiger partial charge in [-0.25, -0.2) is 0 Å². The molecule has 0 amide bonds. The quantitative estimate of drug-likeness (QED) is 0.734. The largest absolute Gasteiger partial charge is 0.488 e. The highest BCUT2D eigenvalue weighted by molar-refractivity contribution is 6.30. The maximum Gasteiger partial charge on any atom is 0.162 e. The number of nitrogens with one attached hydrogen (secondary N) is 1. The Bertz CT molecular complexity index is 577. The van der Waals surface area contributed by atoms with Gasteiger partial charge in [0.2, 0.25) is 0 Å². The second-order valence-corrected chi connectivity index (χ2v) is 5.18. The van der Waals surface area contributed by atoms with Crippen molar-refractivity contribution in [1.29, 1.82) is 0 Å². The fourth-order valence-corrected chi connectivity index (χ4v) is 2.15. The van der Waals surface area contributed by atoms with Crippen LogP contribution in [0.15, 0.2) is 48.5 Å². The molecule has 4 nitrogen and oxygen atoms in total. The SMILES string of the molecule is CNCCOc1cc(Cl)ccc1OC(CO)c1ccccc1. The van der Waals surface area contributed by atoms with Gasteiger partial charge in [-0.15, -0.1) is 0 Å². The monoisotopic (exact) mass is 321 g/mol. The maximum absolute atomic E-state index is 9.60. The van der Waals surface area contributed by atoms with Gasteiger partial charge in [-0.3, -0.25) is 0 Å². The molecule has 22 heavy (non-hydrogen) atoms. The molecule has 5 heteroatoms. The Morgan fingerprint density at radius 3 is 2.59 bits per heavy atom. The van der Waals surface area contributed by atoms with Crippen LogP contribution in [-0.4, -0.2) is 31.9 Å². The minimum Gasteiger partial charge on any atom is -0.488 e. The van der Waals surface area contributed by atoms with E-state index in [4.69, 9.17) is 21.1 Å². The van der Waals surface area contributed by atoms with Crippen molar-refractivity contribution in [2.75, 3.05) is 26.8 Å². The summed E-state index contributed by atoms with van der Waals surface area (Å²) in [4.78, 5) is 0. The van der Waals surface area contributed by atoms with Crippen molar-refractivity contribution < 1.29 is 14.6 Å². The van der Waals surface area contributed by atoms with Gasteiger partial charge in [-0.2, -0.15) is 0 Å². The fourth-order valence-electron chi connectivity index (χ4n) is 1.99. The van der Waals surface area contributed by atoms with Gasteiger partial charge in [0.15, 0.2) is 11.5 Å². The van der Waals surface area contributed by atoms with E-state index in [2.05, 4.69) is 5.32 Å². The zero-order valence-corrected chi connectivity index (χ0v) is 13.2. The highest BCUT2D eigenvalue weighted by Crippen LogP contribution is 2.33. The Labute approximate surface area is 135 Å². The Balaban J connectivity index is 2.16. The zero-order chi connectivity index (χ0) is 15.8. The number of hydrogen-bond acceptors (Lipinski definition) is 4. The first-order chi connectivity index (χ1) is 10.7. The van der Waals surface area contributed by atoms with Gasteiger partial charge in [-0.05, 0) is 24.7 Å². The fraction of sp³-hybridized carbons (Fsp3) is 0.294. The van der Waals surface area contributed by atoms with Gasteiger partial charge in [0.05, 0.1) is 6.61 Å². The Kier molecular flexibility index (Phi) is 6.52. The topological polar surface area (TPSA) is 50.7 Å². The standard InChI is InChI=1S/C17H20ClNO3/c1-19-9-10-21-16-11-14(18)7-8-15(16)22-17(12-20)13-5-3-2-4-6-13/h2-8,11,17,19-20H,9-10,12H2,1H3. The van der Waals surface area contributed by atoms with Gasteiger partial charge in [0.1, 0.15) is 12.7 Å². The van der Waals surface area contributed by atoms with Crippen LogP contribution >= 0.6 is 11.6 Å². The minimum absolute atomic E-state index is 0.122. The van der Waals surface area contributed by atoms with Crippen LogP contribution in [0.2, 0.25) is 5.02 Å². The van der Waals surface area contributed by atoms with E-state index in [0.717, 1.165) is 5.56 Å². The first kappa shape index (κ1) is 16.6.